The van der Waals surface area contributed by atoms with Crippen LogP contribution in [0.5, 0.6) is 23.0 Å². The van der Waals surface area contributed by atoms with Crippen molar-refractivity contribution in [2.75, 3.05) is 33.4 Å². The number of para-hydroxylation sites is 3. The molecule has 5 nitrogen and oxygen atoms in total. The maximum Gasteiger partial charge on any atom is 0.164 e. The first-order chi connectivity index (χ1) is 12.8. The zero-order valence-corrected chi connectivity index (χ0v) is 16.3. The number of allylic oxidation sites excluding steroid dienone is 1. The van der Waals surface area contributed by atoms with Gasteiger partial charge < -0.3 is 24.3 Å². The van der Waals surface area contributed by atoms with E-state index in [1.165, 1.54) is 0 Å². The molecule has 1 aliphatic heterocycles. The molecule has 0 aliphatic carbocycles. The number of fused-ring (bicyclic) bond motifs is 1. The number of rotatable bonds is 9. The molecular weight excluding hydrogens is 366 g/mol. The Labute approximate surface area is 166 Å². The predicted octanol–water partition coefficient (Wildman–Crippen LogP) is 3.65. The zero-order chi connectivity index (χ0) is 18.2. The van der Waals surface area contributed by atoms with Crippen LogP contribution >= 0.6 is 12.4 Å². The summed E-state index contributed by atoms with van der Waals surface area (Å²) in [7, 11) is 1.65. The van der Waals surface area contributed by atoms with Crippen LogP contribution in [0.2, 0.25) is 0 Å². The van der Waals surface area contributed by atoms with Crippen LogP contribution in [0.4, 0.5) is 0 Å². The monoisotopic (exact) mass is 391 g/mol. The van der Waals surface area contributed by atoms with Gasteiger partial charge in [-0.15, -0.1) is 19.0 Å². The second-order valence-corrected chi connectivity index (χ2v) is 5.99. The van der Waals surface area contributed by atoms with Gasteiger partial charge in [-0.3, -0.25) is 0 Å². The summed E-state index contributed by atoms with van der Waals surface area (Å²) < 4.78 is 23.0. The third-order valence-electron chi connectivity index (χ3n) is 4.11. The minimum Gasteiger partial charge on any atom is -0.493 e. The van der Waals surface area contributed by atoms with Crippen molar-refractivity contribution in [2.24, 2.45) is 0 Å². The molecule has 1 atom stereocenters. The van der Waals surface area contributed by atoms with Gasteiger partial charge >= 0.3 is 0 Å². The predicted molar refractivity (Wildman–Crippen MR) is 109 cm³/mol. The molecule has 146 valence electrons. The Bertz CT molecular complexity index is 738. The summed E-state index contributed by atoms with van der Waals surface area (Å²) in [4.78, 5) is 0. The van der Waals surface area contributed by atoms with E-state index in [4.69, 9.17) is 18.9 Å². The van der Waals surface area contributed by atoms with Crippen molar-refractivity contribution in [3.05, 3.63) is 60.7 Å². The molecule has 1 heterocycles. The first-order valence-corrected chi connectivity index (χ1v) is 8.80. The lowest BCUT2D eigenvalue weighted by molar-refractivity contribution is 0.0897. The van der Waals surface area contributed by atoms with Gasteiger partial charge in [0, 0.05) is 18.7 Å². The number of halogens is 1. The fraction of sp³-hybridized carbons (Fsp3) is 0.333. The molecule has 0 unspecified atom stereocenters. The van der Waals surface area contributed by atoms with Crippen molar-refractivity contribution in [3.63, 3.8) is 0 Å². The number of hydrogen-bond acceptors (Lipinski definition) is 5. The van der Waals surface area contributed by atoms with Gasteiger partial charge in [0.05, 0.1) is 7.11 Å². The van der Waals surface area contributed by atoms with Crippen LogP contribution in [0.15, 0.2) is 55.1 Å². The summed E-state index contributed by atoms with van der Waals surface area (Å²) in [6, 6.07) is 13.6. The van der Waals surface area contributed by atoms with E-state index in [0.29, 0.717) is 26.3 Å². The van der Waals surface area contributed by atoms with E-state index >= 15 is 0 Å². The molecule has 27 heavy (non-hydrogen) atoms. The van der Waals surface area contributed by atoms with Crippen LogP contribution in [-0.4, -0.2) is 39.5 Å². The molecule has 0 saturated carbocycles. The second kappa shape index (κ2) is 10.7. The van der Waals surface area contributed by atoms with E-state index in [1.807, 2.05) is 48.5 Å². The Kier molecular flexibility index (Phi) is 8.30. The smallest absolute Gasteiger partial charge is 0.164 e. The first-order valence-electron chi connectivity index (χ1n) is 8.80. The average molecular weight is 392 g/mol. The number of methoxy groups -OCH3 is 1. The van der Waals surface area contributed by atoms with Gasteiger partial charge in [-0.1, -0.05) is 30.3 Å². The molecule has 2 aromatic rings. The highest BCUT2D eigenvalue weighted by atomic mass is 35.5. The molecule has 3 rings (SSSR count). The minimum absolute atomic E-state index is 0. The molecule has 0 aromatic heterocycles. The molecule has 0 radical (unpaired) electrons. The van der Waals surface area contributed by atoms with Crippen molar-refractivity contribution in [1.29, 1.82) is 0 Å². The lowest BCUT2D eigenvalue weighted by Gasteiger charge is -2.26. The summed E-state index contributed by atoms with van der Waals surface area (Å²) in [6.07, 6.45) is 2.59. The average Bonchev–Trinajstić information content (AvgIpc) is 2.68. The number of hydrogen-bond donors (Lipinski definition) is 1. The molecule has 1 N–H and O–H groups in total. The fourth-order valence-electron chi connectivity index (χ4n) is 2.85. The molecule has 1 aliphatic rings. The summed E-state index contributed by atoms with van der Waals surface area (Å²) in [5, 5.41) is 3.35. The topological polar surface area (TPSA) is 49.0 Å². The van der Waals surface area contributed by atoms with Gasteiger partial charge in [-0.25, -0.2) is 0 Å². The number of benzene rings is 2. The molecule has 0 amide bonds. The normalized spacial score (nSPS) is 14.8. The van der Waals surface area contributed by atoms with Gasteiger partial charge in [0.2, 0.25) is 0 Å². The minimum atomic E-state index is -0.00696. The summed E-state index contributed by atoms with van der Waals surface area (Å²) in [5.41, 5.74) is 1.07. The summed E-state index contributed by atoms with van der Waals surface area (Å²) in [5.74, 6) is 3.12. The van der Waals surface area contributed by atoms with Crippen molar-refractivity contribution in [2.45, 2.75) is 12.5 Å². The molecule has 0 bridgehead atoms. The van der Waals surface area contributed by atoms with Crippen molar-refractivity contribution in [3.8, 4) is 23.0 Å². The van der Waals surface area contributed by atoms with E-state index in [9.17, 15) is 0 Å². The SMILES string of the molecule is C=CCc1cccc(OC)c1OCCNC[C@@H]1COc2ccccc2O1.Cl. The van der Waals surface area contributed by atoms with E-state index < -0.39 is 0 Å². The van der Waals surface area contributed by atoms with Crippen molar-refractivity contribution < 1.29 is 18.9 Å². The molecule has 0 saturated heterocycles. The number of ether oxygens (including phenoxy) is 4. The molecule has 6 heteroatoms. The molecule has 0 fully saturated rings. The van der Waals surface area contributed by atoms with Crippen LogP contribution in [0.3, 0.4) is 0 Å². The van der Waals surface area contributed by atoms with Gasteiger partial charge in [0.15, 0.2) is 23.0 Å². The maximum atomic E-state index is 5.95. The van der Waals surface area contributed by atoms with Crippen LogP contribution in [0.1, 0.15) is 5.56 Å². The molecule has 0 spiro atoms. The largest absolute Gasteiger partial charge is 0.493 e. The lowest BCUT2D eigenvalue weighted by Crippen LogP contribution is -2.39. The second-order valence-electron chi connectivity index (χ2n) is 5.99. The number of nitrogens with one attached hydrogen (secondary N) is 1. The zero-order valence-electron chi connectivity index (χ0n) is 15.5. The Morgan fingerprint density at radius 1 is 1.19 bits per heavy atom. The van der Waals surface area contributed by atoms with Crippen molar-refractivity contribution in [1.82, 2.24) is 5.32 Å². The highest BCUT2D eigenvalue weighted by Gasteiger charge is 2.19. The van der Waals surface area contributed by atoms with Gasteiger partial charge in [-0.2, -0.15) is 0 Å². The molecular formula is C21H26ClNO4. The Balaban J connectivity index is 0.00000261. The molecule has 2 aromatic carbocycles. The summed E-state index contributed by atoms with van der Waals surface area (Å²) in [6.45, 7) is 6.27. The summed E-state index contributed by atoms with van der Waals surface area (Å²) >= 11 is 0. The van der Waals surface area contributed by atoms with E-state index in [1.54, 1.807) is 7.11 Å². The van der Waals surface area contributed by atoms with E-state index in [0.717, 1.165) is 35.0 Å². The van der Waals surface area contributed by atoms with Gasteiger partial charge in [0.25, 0.3) is 0 Å². The Morgan fingerprint density at radius 2 is 2.00 bits per heavy atom. The van der Waals surface area contributed by atoms with Crippen molar-refractivity contribution >= 4 is 12.4 Å². The van der Waals surface area contributed by atoms with Gasteiger partial charge in [-0.05, 0) is 24.6 Å². The lowest BCUT2D eigenvalue weighted by atomic mass is 10.1. The quantitative estimate of drug-likeness (QED) is 0.522. The van der Waals surface area contributed by atoms with Gasteiger partial charge in [0.1, 0.15) is 19.3 Å². The Morgan fingerprint density at radius 3 is 2.78 bits per heavy atom. The fourth-order valence-corrected chi connectivity index (χ4v) is 2.85. The van der Waals surface area contributed by atoms with Crippen LogP contribution in [0.25, 0.3) is 0 Å². The van der Waals surface area contributed by atoms with Crippen LogP contribution < -0.4 is 24.3 Å². The third-order valence-corrected chi connectivity index (χ3v) is 4.11. The highest BCUT2D eigenvalue weighted by Crippen LogP contribution is 2.32. The highest BCUT2D eigenvalue weighted by molar-refractivity contribution is 5.85. The first kappa shape index (κ1) is 20.9. The van der Waals surface area contributed by atoms with E-state index in [-0.39, 0.29) is 18.5 Å². The van der Waals surface area contributed by atoms with Crippen LogP contribution in [-0.2, 0) is 6.42 Å². The Hall–Kier alpha value is -2.37. The third kappa shape index (κ3) is 5.55. The van der Waals surface area contributed by atoms with E-state index in [2.05, 4.69) is 11.9 Å². The van der Waals surface area contributed by atoms with Crippen LogP contribution in [0, 0.1) is 0 Å². The standard InChI is InChI=1S/C21H25NO4.ClH/c1-3-7-16-8-6-11-20(23-2)21(16)24-13-12-22-14-17-15-25-18-9-4-5-10-19(18)26-17;/h3-6,8-11,17,22H,1,7,12-15H2,2H3;1H/t17-;/m1./s1. The maximum absolute atomic E-state index is 5.95.